The Balaban J connectivity index is 2.28. The van der Waals surface area contributed by atoms with Crippen molar-refractivity contribution in [1.29, 1.82) is 0 Å². The molecule has 0 spiro atoms. The van der Waals surface area contributed by atoms with Crippen LogP contribution < -0.4 is 11.1 Å². The van der Waals surface area contributed by atoms with E-state index in [0.29, 0.717) is 11.3 Å². The Kier molecular flexibility index (Phi) is 3.77. The van der Waals surface area contributed by atoms with Gasteiger partial charge in [0.15, 0.2) is 0 Å². The second-order valence-corrected chi connectivity index (χ2v) is 4.00. The van der Waals surface area contributed by atoms with Crippen LogP contribution in [0.5, 0.6) is 0 Å². The summed E-state index contributed by atoms with van der Waals surface area (Å²) in [5, 5.41) is 11.8. The second-order valence-electron chi connectivity index (χ2n) is 4.00. The number of nitrogens with one attached hydrogen (secondary N) is 1. The van der Waals surface area contributed by atoms with Crippen molar-refractivity contribution in [2.75, 3.05) is 11.1 Å². The molecule has 0 atom stereocenters. The quantitative estimate of drug-likeness (QED) is 0.740. The van der Waals surface area contributed by atoms with Gasteiger partial charge in [-0.05, 0) is 24.3 Å². The number of nitrogens with two attached hydrogens (primary N) is 1. The summed E-state index contributed by atoms with van der Waals surface area (Å²) in [5.74, 6) is -1.05. The number of aliphatic hydroxyl groups is 1. The van der Waals surface area contributed by atoms with Gasteiger partial charge in [-0.1, -0.05) is 18.2 Å². The number of nitrogen functional groups attached to an aromatic ring is 1. The molecule has 1 amide bonds. The van der Waals surface area contributed by atoms with Gasteiger partial charge in [0.1, 0.15) is 5.82 Å². The monoisotopic (exact) mass is 260 g/mol. The minimum Gasteiger partial charge on any atom is -0.398 e. The maximum atomic E-state index is 13.1. The molecule has 0 fully saturated rings. The van der Waals surface area contributed by atoms with Gasteiger partial charge in [-0.15, -0.1) is 0 Å². The number of para-hydroxylation sites is 1. The number of rotatable bonds is 3. The van der Waals surface area contributed by atoms with Crippen molar-refractivity contribution >= 4 is 17.3 Å². The van der Waals surface area contributed by atoms with Crippen LogP contribution in [-0.2, 0) is 6.61 Å². The van der Waals surface area contributed by atoms with Gasteiger partial charge in [0.2, 0.25) is 0 Å². The molecule has 5 heteroatoms. The number of anilines is 2. The Hall–Kier alpha value is -2.40. The predicted octanol–water partition coefficient (Wildman–Crippen LogP) is 2.15. The van der Waals surface area contributed by atoms with Crippen LogP contribution in [0.3, 0.4) is 0 Å². The van der Waals surface area contributed by atoms with Gasteiger partial charge in [0.25, 0.3) is 5.91 Å². The van der Waals surface area contributed by atoms with Crippen LogP contribution in [-0.4, -0.2) is 11.0 Å². The predicted molar refractivity (Wildman–Crippen MR) is 71.1 cm³/mol. The first-order valence-corrected chi connectivity index (χ1v) is 5.67. The molecule has 0 saturated heterocycles. The molecule has 0 saturated carbocycles. The Morgan fingerprint density at radius 3 is 2.74 bits per heavy atom. The molecule has 98 valence electrons. The normalized spacial score (nSPS) is 10.2. The van der Waals surface area contributed by atoms with Crippen LogP contribution in [0.4, 0.5) is 15.8 Å². The summed E-state index contributed by atoms with van der Waals surface area (Å²) < 4.78 is 13.1. The number of aliphatic hydroxyl groups excluding tert-OH is 1. The van der Waals surface area contributed by atoms with Crippen molar-refractivity contribution < 1.29 is 14.3 Å². The second kappa shape index (κ2) is 5.49. The molecular formula is C14H13FN2O2. The molecule has 0 aliphatic heterocycles. The van der Waals surface area contributed by atoms with Gasteiger partial charge in [0, 0.05) is 16.9 Å². The van der Waals surface area contributed by atoms with Crippen molar-refractivity contribution in [2.24, 2.45) is 0 Å². The van der Waals surface area contributed by atoms with Crippen molar-refractivity contribution in [3.05, 3.63) is 59.4 Å². The maximum absolute atomic E-state index is 13.1. The lowest BCUT2D eigenvalue weighted by Gasteiger charge is -2.10. The Labute approximate surface area is 109 Å². The highest BCUT2D eigenvalue weighted by Gasteiger charge is 2.12. The van der Waals surface area contributed by atoms with E-state index >= 15 is 0 Å². The van der Waals surface area contributed by atoms with Crippen molar-refractivity contribution in [3.8, 4) is 0 Å². The molecule has 0 radical (unpaired) electrons. The highest BCUT2D eigenvalue weighted by molar-refractivity contribution is 6.08. The Bertz CT molecular complexity index is 614. The summed E-state index contributed by atoms with van der Waals surface area (Å²) in [7, 11) is 0. The zero-order valence-electron chi connectivity index (χ0n) is 10.1. The van der Waals surface area contributed by atoms with Crippen molar-refractivity contribution in [3.63, 3.8) is 0 Å². The molecule has 2 aromatic carbocycles. The maximum Gasteiger partial charge on any atom is 0.257 e. The molecule has 19 heavy (non-hydrogen) atoms. The van der Waals surface area contributed by atoms with E-state index in [-0.39, 0.29) is 17.9 Å². The molecule has 0 aromatic heterocycles. The third kappa shape index (κ3) is 2.89. The fourth-order valence-electron chi connectivity index (χ4n) is 1.69. The smallest absolute Gasteiger partial charge is 0.257 e. The van der Waals surface area contributed by atoms with Crippen molar-refractivity contribution in [2.45, 2.75) is 6.61 Å². The van der Waals surface area contributed by atoms with Gasteiger partial charge < -0.3 is 16.2 Å². The fraction of sp³-hybridized carbons (Fsp3) is 0.0714. The average molecular weight is 260 g/mol. The summed E-state index contributed by atoms with van der Waals surface area (Å²) in [6, 6.07) is 10.4. The van der Waals surface area contributed by atoms with Gasteiger partial charge in [0.05, 0.1) is 12.2 Å². The summed E-state index contributed by atoms with van der Waals surface area (Å²) in [4.78, 5) is 12.0. The number of halogens is 1. The van der Waals surface area contributed by atoms with Gasteiger partial charge in [-0.3, -0.25) is 4.79 Å². The topological polar surface area (TPSA) is 75.4 Å². The summed E-state index contributed by atoms with van der Waals surface area (Å²) in [5.41, 5.74) is 6.94. The first-order valence-electron chi connectivity index (χ1n) is 5.67. The van der Waals surface area contributed by atoms with Crippen LogP contribution in [0, 0.1) is 5.82 Å². The fourth-order valence-corrected chi connectivity index (χ4v) is 1.69. The molecule has 0 aliphatic rings. The third-order valence-electron chi connectivity index (χ3n) is 2.70. The third-order valence-corrected chi connectivity index (χ3v) is 2.70. The van der Waals surface area contributed by atoms with Gasteiger partial charge in [-0.25, -0.2) is 4.39 Å². The van der Waals surface area contributed by atoms with Crippen molar-refractivity contribution in [1.82, 2.24) is 0 Å². The number of carbonyl (C=O) groups excluding carboxylic acids is 1. The highest BCUT2D eigenvalue weighted by Crippen LogP contribution is 2.19. The molecular weight excluding hydrogens is 247 g/mol. The molecule has 0 unspecified atom stereocenters. The standard InChI is InChI=1S/C14H13FN2O2/c15-10-5-6-12(16)11(7-10)14(19)17-13-4-2-1-3-9(13)8-18/h1-7,18H,8,16H2,(H,17,19). The number of carbonyl (C=O) groups is 1. The summed E-state index contributed by atoms with van der Waals surface area (Å²) >= 11 is 0. The van der Waals surface area contributed by atoms with E-state index in [4.69, 9.17) is 10.8 Å². The largest absolute Gasteiger partial charge is 0.398 e. The van der Waals surface area contributed by atoms with E-state index in [9.17, 15) is 9.18 Å². The molecule has 0 bridgehead atoms. The molecule has 2 aromatic rings. The van der Waals surface area contributed by atoms with E-state index < -0.39 is 11.7 Å². The first-order chi connectivity index (χ1) is 9.11. The van der Waals surface area contributed by atoms with Crippen LogP contribution in [0.15, 0.2) is 42.5 Å². The zero-order chi connectivity index (χ0) is 13.8. The molecule has 2 rings (SSSR count). The lowest BCUT2D eigenvalue weighted by molar-refractivity contribution is 0.102. The van der Waals surface area contributed by atoms with Crippen LogP contribution in [0.2, 0.25) is 0 Å². The van der Waals surface area contributed by atoms with E-state index in [0.717, 1.165) is 6.07 Å². The minimum atomic E-state index is -0.533. The molecule has 0 heterocycles. The molecule has 4 N–H and O–H groups in total. The Morgan fingerprint density at radius 2 is 2.00 bits per heavy atom. The number of benzene rings is 2. The summed E-state index contributed by atoms with van der Waals surface area (Å²) in [6.45, 7) is -0.199. The van der Waals surface area contributed by atoms with Gasteiger partial charge in [-0.2, -0.15) is 0 Å². The lowest BCUT2D eigenvalue weighted by Crippen LogP contribution is -2.15. The van der Waals surface area contributed by atoms with Crippen LogP contribution in [0.1, 0.15) is 15.9 Å². The van der Waals surface area contributed by atoms with Crippen LogP contribution >= 0.6 is 0 Å². The van der Waals surface area contributed by atoms with Crippen LogP contribution in [0.25, 0.3) is 0 Å². The number of hydrogen-bond donors (Lipinski definition) is 3. The Morgan fingerprint density at radius 1 is 1.26 bits per heavy atom. The van der Waals surface area contributed by atoms with Gasteiger partial charge >= 0.3 is 0 Å². The minimum absolute atomic E-state index is 0.0627. The number of amides is 1. The van der Waals surface area contributed by atoms with E-state index in [1.165, 1.54) is 12.1 Å². The number of hydrogen-bond acceptors (Lipinski definition) is 3. The first kappa shape index (κ1) is 13.0. The zero-order valence-corrected chi connectivity index (χ0v) is 10.1. The molecule has 0 aliphatic carbocycles. The van der Waals surface area contributed by atoms with E-state index in [2.05, 4.69) is 5.32 Å². The average Bonchev–Trinajstić information content (AvgIpc) is 2.42. The SMILES string of the molecule is Nc1ccc(F)cc1C(=O)Nc1ccccc1CO. The molecule has 4 nitrogen and oxygen atoms in total. The van der Waals surface area contributed by atoms with E-state index in [1.54, 1.807) is 24.3 Å². The lowest BCUT2D eigenvalue weighted by atomic mass is 10.1. The summed E-state index contributed by atoms with van der Waals surface area (Å²) in [6.07, 6.45) is 0. The highest BCUT2D eigenvalue weighted by atomic mass is 19.1. The van der Waals surface area contributed by atoms with E-state index in [1.807, 2.05) is 0 Å².